The fraction of sp³-hybridized carbons (Fsp3) is 0.455. The third-order valence-corrected chi connectivity index (χ3v) is 8.71. The van der Waals surface area contributed by atoms with E-state index in [9.17, 15) is 21.6 Å². The Morgan fingerprint density at radius 1 is 1.24 bits per heavy atom. The molecule has 0 spiro atoms. The van der Waals surface area contributed by atoms with Crippen LogP contribution in [0.4, 0.5) is 18.3 Å². The van der Waals surface area contributed by atoms with Crippen molar-refractivity contribution in [3.8, 4) is 0 Å². The largest absolute Gasteiger partial charge is 0.416 e. The highest BCUT2D eigenvalue weighted by Crippen LogP contribution is 2.32. The van der Waals surface area contributed by atoms with E-state index in [0.29, 0.717) is 25.1 Å². The second-order valence-corrected chi connectivity index (χ2v) is 11.1. The van der Waals surface area contributed by atoms with Gasteiger partial charge in [-0.05, 0) is 44.4 Å². The van der Waals surface area contributed by atoms with E-state index < -0.39 is 27.8 Å². The van der Waals surface area contributed by atoms with Crippen molar-refractivity contribution in [3.05, 3.63) is 59.5 Å². The molecule has 1 aromatic heterocycles. The Kier molecular flexibility index (Phi) is 6.66. The van der Waals surface area contributed by atoms with Gasteiger partial charge in [-0.3, -0.25) is 0 Å². The average molecular weight is 499 g/mol. The molecule has 178 valence electrons. The van der Waals surface area contributed by atoms with Crippen molar-refractivity contribution in [1.82, 2.24) is 13.7 Å². The smallest absolute Gasteiger partial charge is 0.344 e. The van der Waals surface area contributed by atoms with Gasteiger partial charge in [-0.2, -0.15) is 21.9 Å². The van der Waals surface area contributed by atoms with E-state index >= 15 is 0 Å². The van der Waals surface area contributed by atoms with Crippen molar-refractivity contribution >= 4 is 26.7 Å². The molecule has 2 aliphatic rings. The van der Waals surface area contributed by atoms with Crippen LogP contribution in [0, 0.1) is 5.92 Å². The summed E-state index contributed by atoms with van der Waals surface area (Å²) in [4.78, 5) is 6.30. The molecule has 6 nitrogen and oxygen atoms in total. The van der Waals surface area contributed by atoms with Gasteiger partial charge in [0.15, 0.2) is 0 Å². The molecule has 11 heteroatoms. The van der Waals surface area contributed by atoms with Crippen LogP contribution in [0.5, 0.6) is 0 Å². The fourth-order valence-corrected chi connectivity index (χ4v) is 6.44. The van der Waals surface area contributed by atoms with Gasteiger partial charge in [0.2, 0.25) is 15.2 Å². The SMILES string of the molecule is CC1=CCC(Cc2nsc(N3CCN(S(=O)(=O)c4cccc(C(F)(F)F)c4)C(C)C3)n2)C=C1. The number of allylic oxidation sites excluding steroid dienone is 4. The zero-order valence-electron chi connectivity index (χ0n) is 18.3. The Bertz CT molecular complexity index is 1170. The van der Waals surface area contributed by atoms with Crippen LogP contribution in [0.3, 0.4) is 0 Å². The standard InChI is InChI=1S/C22H25F3N4O2S2/c1-15-6-8-17(9-7-15)12-20-26-21(32-27-20)28-10-11-29(16(2)14-28)33(30,31)19-5-3-4-18(13-19)22(23,24)25/h3-8,13,16-17H,9-12,14H2,1-2H3. The first-order valence-corrected chi connectivity index (χ1v) is 12.9. The zero-order chi connectivity index (χ0) is 23.8. The van der Waals surface area contributed by atoms with Crippen LogP contribution < -0.4 is 4.90 Å². The van der Waals surface area contributed by atoms with Crippen LogP contribution >= 0.6 is 11.5 Å². The van der Waals surface area contributed by atoms with Gasteiger partial charge in [0.1, 0.15) is 5.82 Å². The van der Waals surface area contributed by atoms with Crippen molar-refractivity contribution in [2.24, 2.45) is 5.92 Å². The molecule has 1 aliphatic heterocycles. The molecule has 2 aromatic rings. The Hall–Kier alpha value is -2.24. The van der Waals surface area contributed by atoms with E-state index in [1.807, 2.05) is 4.90 Å². The minimum absolute atomic E-state index is 0.157. The van der Waals surface area contributed by atoms with Gasteiger partial charge in [-0.15, -0.1) is 0 Å². The van der Waals surface area contributed by atoms with Crippen LogP contribution in [-0.2, 0) is 22.6 Å². The summed E-state index contributed by atoms with van der Waals surface area (Å²) in [5, 5.41) is 0.736. The molecule has 2 heterocycles. The molecule has 0 N–H and O–H groups in total. The fourth-order valence-electron chi connectivity index (χ4n) is 4.05. The number of hydrogen-bond donors (Lipinski definition) is 0. The van der Waals surface area contributed by atoms with E-state index in [0.717, 1.165) is 35.9 Å². The molecule has 2 unspecified atom stereocenters. The molecule has 1 saturated heterocycles. The highest BCUT2D eigenvalue weighted by Gasteiger charge is 2.37. The molecule has 0 amide bonds. The van der Waals surface area contributed by atoms with Gasteiger partial charge in [0, 0.05) is 43.6 Å². The maximum absolute atomic E-state index is 13.1. The van der Waals surface area contributed by atoms with Crippen molar-refractivity contribution in [1.29, 1.82) is 0 Å². The summed E-state index contributed by atoms with van der Waals surface area (Å²) in [5.74, 6) is 1.13. The number of nitrogens with zero attached hydrogens (tertiary/aromatic N) is 4. The number of sulfonamides is 1. The number of hydrogen-bond acceptors (Lipinski definition) is 6. The third-order valence-electron chi connectivity index (χ3n) is 5.88. The van der Waals surface area contributed by atoms with Crippen LogP contribution in [-0.4, -0.2) is 47.8 Å². The Morgan fingerprint density at radius 3 is 2.70 bits per heavy atom. The minimum Gasteiger partial charge on any atom is -0.344 e. The van der Waals surface area contributed by atoms with Crippen molar-refractivity contribution in [3.63, 3.8) is 0 Å². The summed E-state index contributed by atoms with van der Waals surface area (Å²) in [6.07, 6.45) is 3.58. The van der Waals surface area contributed by atoms with Crippen LogP contribution in [0.2, 0.25) is 0 Å². The first kappa shape index (κ1) is 23.9. The van der Waals surface area contributed by atoms with E-state index in [4.69, 9.17) is 0 Å². The lowest BCUT2D eigenvalue weighted by Crippen LogP contribution is -2.54. The summed E-state index contributed by atoms with van der Waals surface area (Å²) < 4.78 is 71.0. The Morgan fingerprint density at radius 2 is 2.03 bits per heavy atom. The summed E-state index contributed by atoms with van der Waals surface area (Å²) in [6.45, 7) is 4.76. The summed E-state index contributed by atoms with van der Waals surface area (Å²) in [6, 6.07) is 3.46. The predicted molar refractivity (Wildman–Crippen MR) is 122 cm³/mol. The lowest BCUT2D eigenvalue weighted by Gasteiger charge is -2.38. The topological polar surface area (TPSA) is 66.4 Å². The summed E-state index contributed by atoms with van der Waals surface area (Å²) in [7, 11) is -4.06. The van der Waals surface area contributed by atoms with E-state index in [1.54, 1.807) is 6.92 Å². The number of aromatic nitrogens is 2. The summed E-state index contributed by atoms with van der Waals surface area (Å²) >= 11 is 1.29. The van der Waals surface area contributed by atoms with Gasteiger partial charge in [0.25, 0.3) is 0 Å². The van der Waals surface area contributed by atoms with Crippen LogP contribution in [0.25, 0.3) is 0 Å². The van der Waals surface area contributed by atoms with Gasteiger partial charge in [-0.25, -0.2) is 13.4 Å². The van der Waals surface area contributed by atoms with Gasteiger partial charge in [-0.1, -0.05) is 29.9 Å². The predicted octanol–water partition coefficient (Wildman–Crippen LogP) is 4.52. The highest BCUT2D eigenvalue weighted by atomic mass is 32.2. The second kappa shape index (κ2) is 9.19. The molecule has 1 fully saturated rings. The monoisotopic (exact) mass is 498 g/mol. The lowest BCUT2D eigenvalue weighted by molar-refractivity contribution is -0.137. The molecule has 1 aromatic carbocycles. The average Bonchev–Trinajstić information content (AvgIpc) is 3.23. The molecular formula is C22H25F3N4O2S2. The Labute approximate surface area is 195 Å². The molecular weight excluding hydrogens is 473 g/mol. The molecule has 2 atom stereocenters. The van der Waals surface area contributed by atoms with Crippen molar-refractivity contribution in [2.45, 2.75) is 43.8 Å². The minimum atomic E-state index is -4.60. The quantitative estimate of drug-likeness (QED) is 0.607. The first-order chi connectivity index (χ1) is 15.5. The number of rotatable bonds is 5. The number of anilines is 1. The zero-order valence-corrected chi connectivity index (χ0v) is 19.9. The van der Waals surface area contributed by atoms with Gasteiger partial charge < -0.3 is 4.90 Å². The van der Waals surface area contributed by atoms with Crippen molar-refractivity contribution < 1.29 is 21.6 Å². The molecule has 4 rings (SSSR count). The number of benzene rings is 1. The number of halogens is 3. The lowest BCUT2D eigenvalue weighted by atomic mass is 9.94. The van der Waals surface area contributed by atoms with E-state index in [-0.39, 0.29) is 11.4 Å². The molecule has 1 aliphatic carbocycles. The molecule has 0 saturated carbocycles. The maximum Gasteiger partial charge on any atom is 0.416 e. The molecule has 33 heavy (non-hydrogen) atoms. The van der Waals surface area contributed by atoms with Crippen LogP contribution in [0.15, 0.2) is 53.0 Å². The van der Waals surface area contributed by atoms with E-state index in [2.05, 4.69) is 34.5 Å². The number of alkyl halides is 3. The van der Waals surface area contributed by atoms with Gasteiger partial charge in [0.05, 0.1) is 10.5 Å². The number of piperazine rings is 1. The maximum atomic E-state index is 13.1. The van der Waals surface area contributed by atoms with E-state index in [1.165, 1.54) is 27.5 Å². The second-order valence-electron chi connectivity index (χ2n) is 8.44. The molecule has 0 bridgehead atoms. The van der Waals surface area contributed by atoms with Crippen molar-refractivity contribution in [2.75, 3.05) is 24.5 Å². The van der Waals surface area contributed by atoms with Gasteiger partial charge >= 0.3 is 6.18 Å². The first-order valence-electron chi connectivity index (χ1n) is 10.7. The third kappa shape index (κ3) is 5.30. The normalized spacial score (nSPS) is 22.5. The summed E-state index contributed by atoms with van der Waals surface area (Å²) in [5.41, 5.74) is 0.278. The highest BCUT2D eigenvalue weighted by molar-refractivity contribution is 7.89. The molecule has 0 radical (unpaired) electrons. The Balaban J connectivity index is 1.43. The van der Waals surface area contributed by atoms with Crippen LogP contribution in [0.1, 0.15) is 31.7 Å².